The van der Waals surface area contributed by atoms with Crippen molar-refractivity contribution in [3.8, 4) is 0 Å². The molecule has 1 aromatic carbocycles. The van der Waals surface area contributed by atoms with Crippen LogP contribution in [0.15, 0.2) is 29.9 Å². The molecule has 0 bridgehead atoms. The largest absolute Gasteiger partial charge is 0.389 e. The maximum Gasteiger partial charge on any atom is 0.267 e. The Morgan fingerprint density at radius 1 is 1.50 bits per heavy atom. The number of halogens is 1. The van der Waals surface area contributed by atoms with Crippen molar-refractivity contribution in [2.75, 3.05) is 5.32 Å². The molecule has 92 valence electrons. The Labute approximate surface area is 112 Å². The van der Waals surface area contributed by atoms with Crippen LogP contribution in [0.5, 0.6) is 0 Å². The van der Waals surface area contributed by atoms with E-state index in [-0.39, 0.29) is 10.7 Å². The van der Waals surface area contributed by atoms with Crippen molar-refractivity contribution >= 4 is 40.1 Å². The first-order chi connectivity index (χ1) is 8.58. The first-order valence-corrected chi connectivity index (χ1v) is 6.16. The van der Waals surface area contributed by atoms with Crippen molar-refractivity contribution in [2.45, 2.75) is 0 Å². The summed E-state index contributed by atoms with van der Waals surface area (Å²) in [6.07, 6.45) is 1.42. The quantitative estimate of drug-likeness (QED) is 0.846. The number of nitrogens with zero attached hydrogens (tertiary/aromatic N) is 1. The molecule has 0 radical (unpaired) electrons. The predicted molar refractivity (Wildman–Crippen MR) is 72.4 cm³/mol. The number of thiocarbonyl (C=S) groups is 1. The van der Waals surface area contributed by atoms with Gasteiger partial charge in [0.25, 0.3) is 5.91 Å². The summed E-state index contributed by atoms with van der Waals surface area (Å²) in [7, 11) is 0. The molecule has 2 rings (SSSR count). The fourth-order valence-electron chi connectivity index (χ4n) is 1.28. The average Bonchev–Trinajstić information content (AvgIpc) is 2.85. The van der Waals surface area contributed by atoms with Crippen LogP contribution in [0.4, 0.5) is 10.1 Å². The summed E-state index contributed by atoms with van der Waals surface area (Å²) in [5.41, 5.74) is 7.40. The van der Waals surface area contributed by atoms with Crippen molar-refractivity contribution in [1.29, 1.82) is 0 Å². The molecule has 1 heterocycles. The van der Waals surface area contributed by atoms with Crippen molar-refractivity contribution in [3.63, 3.8) is 0 Å². The molecule has 0 fully saturated rings. The fraction of sp³-hybridized carbons (Fsp3) is 0. The zero-order chi connectivity index (χ0) is 13.1. The normalized spacial score (nSPS) is 10.1. The number of nitrogens with two attached hydrogens (primary N) is 1. The average molecular weight is 281 g/mol. The number of benzene rings is 1. The van der Waals surface area contributed by atoms with Crippen molar-refractivity contribution in [3.05, 3.63) is 46.2 Å². The van der Waals surface area contributed by atoms with Gasteiger partial charge >= 0.3 is 0 Å². The van der Waals surface area contributed by atoms with E-state index in [0.29, 0.717) is 10.4 Å². The molecule has 4 nitrogen and oxygen atoms in total. The van der Waals surface area contributed by atoms with Crippen molar-refractivity contribution < 1.29 is 9.18 Å². The highest BCUT2D eigenvalue weighted by Crippen LogP contribution is 2.17. The van der Waals surface area contributed by atoms with E-state index in [1.807, 2.05) is 0 Å². The third-order valence-electron chi connectivity index (χ3n) is 2.16. The summed E-state index contributed by atoms with van der Waals surface area (Å²) < 4.78 is 13.7. The van der Waals surface area contributed by atoms with E-state index < -0.39 is 11.7 Å². The second-order valence-corrected chi connectivity index (χ2v) is 4.70. The van der Waals surface area contributed by atoms with E-state index in [2.05, 4.69) is 10.3 Å². The van der Waals surface area contributed by atoms with Crippen LogP contribution in [0.2, 0.25) is 0 Å². The van der Waals surface area contributed by atoms with Gasteiger partial charge in [-0.3, -0.25) is 9.78 Å². The van der Waals surface area contributed by atoms with Crippen LogP contribution >= 0.6 is 23.6 Å². The Morgan fingerprint density at radius 3 is 2.83 bits per heavy atom. The number of hydrogen-bond acceptors (Lipinski definition) is 4. The lowest BCUT2D eigenvalue weighted by Crippen LogP contribution is -2.13. The summed E-state index contributed by atoms with van der Waals surface area (Å²) >= 11 is 5.91. The number of carbonyl (C=O) groups excluding carboxylic acids is 1. The van der Waals surface area contributed by atoms with Gasteiger partial charge in [-0.15, -0.1) is 11.3 Å². The molecule has 0 aliphatic carbocycles. The molecule has 0 spiro atoms. The van der Waals surface area contributed by atoms with Crippen LogP contribution in [0.1, 0.15) is 15.2 Å². The molecule has 3 N–H and O–H groups in total. The van der Waals surface area contributed by atoms with E-state index in [9.17, 15) is 9.18 Å². The van der Waals surface area contributed by atoms with Gasteiger partial charge in [0.15, 0.2) is 0 Å². The maximum atomic E-state index is 13.7. The number of anilines is 1. The molecule has 0 unspecified atom stereocenters. The standard InChI is InChI=1S/C11H8FN3OS2/c12-7-3-6(10(13)17)1-2-8(7)15-11(16)9-4-14-5-18-9/h1-5H,(H2,13,17)(H,15,16). The van der Waals surface area contributed by atoms with Gasteiger partial charge in [-0.1, -0.05) is 12.2 Å². The first kappa shape index (κ1) is 12.6. The Bertz CT molecular complexity index is 598. The molecule has 0 atom stereocenters. The molecule has 0 aliphatic heterocycles. The van der Waals surface area contributed by atoms with Gasteiger partial charge in [0.1, 0.15) is 15.7 Å². The van der Waals surface area contributed by atoms with Gasteiger partial charge in [0, 0.05) is 5.56 Å². The summed E-state index contributed by atoms with van der Waals surface area (Å²) in [6, 6.07) is 4.15. The van der Waals surface area contributed by atoms with Gasteiger partial charge in [-0.2, -0.15) is 0 Å². The first-order valence-electron chi connectivity index (χ1n) is 4.87. The fourth-order valence-corrected chi connectivity index (χ4v) is 1.92. The number of thiazole rings is 1. The van der Waals surface area contributed by atoms with Gasteiger partial charge < -0.3 is 11.1 Å². The van der Waals surface area contributed by atoms with Crippen LogP contribution in [0, 0.1) is 5.82 Å². The summed E-state index contributed by atoms with van der Waals surface area (Å²) in [6.45, 7) is 0. The lowest BCUT2D eigenvalue weighted by molar-refractivity contribution is 0.103. The minimum absolute atomic E-state index is 0.0772. The molecule has 2 aromatic rings. The lowest BCUT2D eigenvalue weighted by Gasteiger charge is -2.06. The van der Waals surface area contributed by atoms with E-state index in [1.54, 1.807) is 6.07 Å². The predicted octanol–water partition coefficient (Wildman–Crippen LogP) is 2.17. The molecular formula is C11H8FN3OS2. The highest BCUT2D eigenvalue weighted by Gasteiger charge is 2.11. The third kappa shape index (κ3) is 2.69. The van der Waals surface area contributed by atoms with Crippen LogP contribution in [-0.2, 0) is 0 Å². The zero-order valence-corrected chi connectivity index (χ0v) is 10.6. The lowest BCUT2D eigenvalue weighted by atomic mass is 10.2. The molecule has 7 heteroatoms. The van der Waals surface area contributed by atoms with E-state index in [0.717, 1.165) is 0 Å². The van der Waals surface area contributed by atoms with Crippen LogP contribution in [0.25, 0.3) is 0 Å². The van der Waals surface area contributed by atoms with Crippen molar-refractivity contribution in [2.24, 2.45) is 5.73 Å². The van der Waals surface area contributed by atoms with E-state index >= 15 is 0 Å². The molecule has 0 aliphatic rings. The number of nitrogens with one attached hydrogen (secondary N) is 1. The number of amides is 1. The summed E-state index contributed by atoms with van der Waals surface area (Å²) in [5.74, 6) is -0.988. The Kier molecular flexibility index (Phi) is 3.63. The molecule has 18 heavy (non-hydrogen) atoms. The number of carbonyl (C=O) groups is 1. The molecule has 1 amide bonds. The molecule has 1 aromatic heterocycles. The van der Waals surface area contributed by atoms with Crippen molar-refractivity contribution in [1.82, 2.24) is 4.98 Å². The van der Waals surface area contributed by atoms with E-state index in [1.165, 1.54) is 35.2 Å². The monoisotopic (exact) mass is 281 g/mol. The maximum absolute atomic E-state index is 13.7. The zero-order valence-electron chi connectivity index (χ0n) is 9.01. The number of aromatic nitrogens is 1. The van der Waals surface area contributed by atoms with Crippen LogP contribution in [0.3, 0.4) is 0 Å². The van der Waals surface area contributed by atoms with Gasteiger partial charge in [0.05, 0.1) is 17.4 Å². The summed E-state index contributed by atoms with van der Waals surface area (Å²) in [4.78, 5) is 16.0. The third-order valence-corrected chi connectivity index (χ3v) is 3.17. The SMILES string of the molecule is NC(=S)c1ccc(NC(=O)c2cncs2)c(F)c1. The highest BCUT2D eigenvalue weighted by atomic mass is 32.1. The topological polar surface area (TPSA) is 68.0 Å². The van der Waals surface area contributed by atoms with E-state index in [4.69, 9.17) is 18.0 Å². The molecule has 0 saturated carbocycles. The Morgan fingerprint density at radius 2 is 2.28 bits per heavy atom. The number of hydrogen-bond donors (Lipinski definition) is 2. The molecule has 0 saturated heterocycles. The second-order valence-electron chi connectivity index (χ2n) is 3.38. The second kappa shape index (κ2) is 5.19. The summed E-state index contributed by atoms with van der Waals surface area (Å²) in [5, 5.41) is 2.45. The van der Waals surface area contributed by atoms with Gasteiger partial charge in [-0.25, -0.2) is 4.39 Å². The van der Waals surface area contributed by atoms with Gasteiger partial charge in [-0.05, 0) is 18.2 Å². The Hall–Kier alpha value is -1.86. The number of rotatable bonds is 3. The Balaban J connectivity index is 2.20. The smallest absolute Gasteiger partial charge is 0.267 e. The van der Waals surface area contributed by atoms with Gasteiger partial charge in [0.2, 0.25) is 0 Å². The molecular weight excluding hydrogens is 273 g/mol. The minimum Gasteiger partial charge on any atom is -0.389 e. The minimum atomic E-state index is -0.585. The van der Waals surface area contributed by atoms with Crippen LogP contribution in [-0.4, -0.2) is 15.9 Å². The highest BCUT2D eigenvalue weighted by molar-refractivity contribution is 7.80. The van der Waals surface area contributed by atoms with Crippen LogP contribution < -0.4 is 11.1 Å².